The number of anilines is 1. The van der Waals surface area contributed by atoms with Crippen LogP contribution in [0.3, 0.4) is 0 Å². The second-order valence-electron chi connectivity index (χ2n) is 10.8. The van der Waals surface area contributed by atoms with E-state index in [1.54, 1.807) is 0 Å². The van der Waals surface area contributed by atoms with Gasteiger partial charge in [0.2, 0.25) is 0 Å². The number of fused-ring (bicyclic) bond motifs is 1. The minimum atomic E-state index is -0.152. The Morgan fingerprint density at radius 3 is 2.49 bits per heavy atom. The van der Waals surface area contributed by atoms with Gasteiger partial charge in [-0.15, -0.1) is 0 Å². The smallest absolute Gasteiger partial charge is 0.320 e. The van der Waals surface area contributed by atoms with Crippen LogP contribution in [0.4, 0.5) is 5.69 Å². The molecule has 0 bridgehead atoms. The summed E-state index contributed by atoms with van der Waals surface area (Å²) < 4.78 is 5.47. The van der Waals surface area contributed by atoms with Crippen LogP contribution < -0.4 is 5.32 Å². The first-order valence-corrected chi connectivity index (χ1v) is 14.8. The maximum atomic E-state index is 12.9. The van der Waals surface area contributed by atoms with Gasteiger partial charge in [-0.2, -0.15) is 5.10 Å². The summed E-state index contributed by atoms with van der Waals surface area (Å²) in [5.41, 5.74) is 4.77. The highest BCUT2D eigenvalue weighted by molar-refractivity contribution is 6.04. The van der Waals surface area contributed by atoms with Crippen molar-refractivity contribution in [3.63, 3.8) is 0 Å². The molecule has 0 atom stereocenters. The van der Waals surface area contributed by atoms with Crippen LogP contribution >= 0.6 is 0 Å². The van der Waals surface area contributed by atoms with Crippen LogP contribution in [0.25, 0.3) is 0 Å². The number of hydrogen-bond acceptors (Lipinski definition) is 6. The van der Waals surface area contributed by atoms with Gasteiger partial charge in [0.1, 0.15) is 0 Å². The highest BCUT2D eigenvalue weighted by Gasteiger charge is 2.20. The van der Waals surface area contributed by atoms with Gasteiger partial charge in [-0.25, -0.2) is 0 Å². The Kier molecular flexibility index (Phi) is 11.4. The molecule has 210 valence electrons. The van der Waals surface area contributed by atoms with Gasteiger partial charge < -0.3 is 10.1 Å². The Labute approximate surface area is 233 Å². The number of ether oxygens (including phenoxy) is 1. The number of rotatable bonds is 13. The predicted molar refractivity (Wildman–Crippen MR) is 157 cm³/mol. The van der Waals surface area contributed by atoms with Gasteiger partial charge in [-0.1, -0.05) is 57.2 Å². The summed E-state index contributed by atoms with van der Waals surface area (Å²) in [5, 5.41) is 9.71. The lowest BCUT2D eigenvalue weighted by Gasteiger charge is -2.28. The van der Waals surface area contributed by atoms with Crippen LogP contribution in [0, 0.1) is 0 Å². The molecule has 0 aliphatic carbocycles. The Bertz CT molecular complexity index is 1090. The van der Waals surface area contributed by atoms with E-state index < -0.39 is 0 Å². The topological polar surface area (TPSA) is 74.2 Å². The van der Waals surface area contributed by atoms with Gasteiger partial charge in [0.25, 0.3) is 5.91 Å². The lowest BCUT2D eigenvalue weighted by molar-refractivity contribution is -0.145. The Balaban J connectivity index is 1.23. The number of piperidine rings is 1. The minimum Gasteiger partial charge on any atom is -0.465 e. The molecule has 1 saturated heterocycles. The van der Waals surface area contributed by atoms with Gasteiger partial charge in [0.15, 0.2) is 0 Å². The first-order valence-electron chi connectivity index (χ1n) is 14.8. The Morgan fingerprint density at radius 1 is 0.923 bits per heavy atom. The molecule has 2 aromatic carbocycles. The van der Waals surface area contributed by atoms with Crippen LogP contribution in [0.5, 0.6) is 0 Å². The molecule has 1 fully saturated rings. The number of unbranched alkanes of at least 4 members (excludes halogenated alkanes) is 5. The molecule has 2 heterocycles. The quantitative estimate of drug-likeness (QED) is 0.194. The zero-order valence-electron chi connectivity index (χ0n) is 23.5. The summed E-state index contributed by atoms with van der Waals surface area (Å²) in [5.74, 6) is -0.290. The number of hydrogen-bond donors (Lipinski definition) is 1. The van der Waals surface area contributed by atoms with E-state index in [0.29, 0.717) is 25.3 Å². The van der Waals surface area contributed by atoms with Gasteiger partial charge >= 0.3 is 5.97 Å². The predicted octanol–water partition coefficient (Wildman–Crippen LogP) is 6.02. The summed E-state index contributed by atoms with van der Waals surface area (Å²) in [6.07, 6.45) is 13.5. The lowest BCUT2D eigenvalue weighted by atomic mass is 9.99. The number of hydrazone groups is 1. The zero-order valence-corrected chi connectivity index (χ0v) is 23.5. The van der Waals surface area contributed by atoms with Gasteiger partial charge in [-0.3, -0.25) is 19.5 Å². The normalized spacial score (nSPS) is 15.8. The molecule has 4 rings (SSSR count). The van der Waals surface area contributed by atoms with Crippen LogP contribution in [-0.2, 0) is 22.5 Å². The van der Waals surface area contributed by atoms with E-state index in [1.807, 2.05) is 42.6 Å². The number of amides is 1. The van der Waals surface area contributed by atoms with E-state index in [2.05, 4.69) is 33.3 Å². The fourth-order valence-electron chi connectivity index (χ4n) is 5.19. The molecule has 0 saturated carbocycles. The fourth-order valence-corrected chi connectivity index (χ4v) is 5.19. The van der Waals surface area contributed by atoms with Gasteiger partial charge in [-0.05, 0) is 73.1 Å². The lowest BCUT2D eigenvalue weighted by Crippen LogP contribution is -2.35. The third-order valence-electron chi connectivity index (χ3n) is 7.54. The van der Waals surface area contributed by atoms with Gasteiger partial charge in [0, 0.05) is 37.4 Å². The maximum absolute atomic E-state index is 12.9. The highest BCUT2D eigenvalue weighted by Crippen LogP contribution is 2.23. The molecule has 7 nitrogen and oxygen atoms in total. The molecule has 0 radical (unpaired) electrons. The molecule has 0 spiro atoms. The molecule has 0 aromatic heterocycles. The summed E-state index contributed by atoms with van der Waals surface area (Å²) in [6.45, 7) is 6.56. The standard InChI is InChI=1S/C32H44N4O3/c1-2-3-4-5-6-10-21-39-31(37)25-35-20-17-27-15-16-30(22-29(27)24-35)34-32(38)28-13-11-26(12-14-28)23-33-36-18-8-7-9-19-36/h11-16,22-23H,2-10,17-21,24-25H2,1H3,(H,34,38). The molecule has 2 aliphatic heterocycles. The van der Waals surface area contributed by atoms with E-state index in [9.17, 15) is 9.59 Å². The van der Waals surface area contributed by atoms with E-state index >= 15 is 0 Å². The van der Waals surface area contributed by atoms with Crippen molar-refractivity contribution in [1.82, 2.24) is 9.91 Å². The Morgan fingerprint density at radius 2 is 1.69 bits per heavy atom. The molecule has 2 aromatic rings. The van der Waals surface area contributed by atoms with Crippen LogP contribution in [0.1, 0.15) is 91.8 Å². The third kappa shape index (κ3) is 9.50. The third-order valence-corrected chi connectivity index (χ3v) is 7.54. The second-order valence-corrected chi connectivity index (χ2v) is 10.8. The first kappa shape index (κ1) is 28.8. The van der Waals surface area contributed by atoms with E-state index in [1.165, 1.54) is 50.5 Å². The van der Waals surface area contributed by atoms with Gasteiger partial charge in [0.05, 0.1) is 19.4 Å². The maximum Gasteiger partial charge on any atom is 0.320 e. The van der Waals surface area contributed by atoms with Crippen molar-refractivity contribution < 1.29 is 14.3 Å². The van der Waals surface area contributed by atoms with Crippen molar-refractivity contribution in [3.8, 4) is 0 Å². The van der Waals surface area contributed by atoms with Crippen LogP contribution in [-0.4, -0.2) is 60.8 Å². The number of carbonyl (C=O) groups is 2. The molecule has 1 amide bonds. The van der Waals surface area contributed by atoms with Crippen molar-refractivity contribution >= 4 is 23.8 Å². The number of carbonyl (C=O) groups excluding carboxylic acids is 2. The molecular weight excluding hydrogens is 488 g/mol. The average molecular weight is 533 g/mol. The van der Waals surface area contributed by atoms with Crippen molar-refractivity contribution in [2.75, 3.05) is 38.1 Å². The monoisotopic (exact) mass is 532 g/mol. The number of nitrogens with one attached hydrogen (secondary N) is 1. The summed E-state index contributed by atoms with van der Waals surface area (Å²) in [6, 6.07) is 13.6. The zero-order chi connectivity index (χ0) is 27.3. The minimum absolute atomic E-state index is 0.139. The largest absolute Gasteiger partial charge is 0.465 e. The first-order chi connectivity index (χ1) is 19.1. The number of nitrogens with zero attached hydrogens (tertiary/aromatic N) is 3. The van der Waals surface area contributed by atoms with E-state index in [4.69, 9.17) is 4.74 Å². The number of esters is 1. The molecule has 39 heavy (non-hydrogen) atoms. The van der Waals surface area contributed by atoms with Crippen molar-refractivity contribution in [2.45, 2.75) is 77.7 Å². The van der Waals surface area contributed by atoms with E-state index in [0.717, 1.165) is 55.7 Å². The summed E-state index contributed by atoms with van der Waals surface area (Å²) in [4.78, 5) is 27.4. The van der Waals surface area contributed by atoms with E-state index in [-0.39, 0.29) is 11.9 Å². The fraction of sp³-hybridized carbons (Fsp3) is 0.531. The average Bonchev–Trinajstić information content (AvgIpc) is 2.96. The summed E-state index contributed by atoms with van der Waals surface area (Å²) in [7, 11) is 0. The van der Waals surface area contributed by atoms with Crippen molar-refractivity contribution in [2.24, 2.45) is 5.10 Å². The molecule has 7 heteroatoms. The highest BCUT2D eigenvalue weighted by atomic mass is 16.5. The summed E-state index contributed by atoms with van der Waals surface area (Å²) >= 11 is 0. The van der Waals surface area contributed by atoms with Crippen molar-refractivity contribution in [1.29, 1.82) is 0 Å². The molecule has 2 aliphatic rings. The van der Waals surface area contributed by atoms with Crippen LogP contribution in [0.2, 0.25) is 0 Å². The molecule has 0 unspecified atom stereocenters. The van der Waals surface area contributed by atoms with Crippen molar-refractivity contribution in [3.05, 3.63) is 64.7 Å². The molecule has 1 N–H and O–H groups in total. The Hall–Kier alpha value is -3.19. The molecular formula is C32H44N4O3. The number of benzene rings is 2. The second kappa shape index (κ2) is 15.4. The SMILES string of the molecule is CCCCCCCCOC(=O)CN1CCc2ccc(NC(=O)c3ccc(C=NN4CCCCC4)cc3)cc2C1. The van der Waals surface area contributed by atoms with Crippen LogP contribution in [0.15, 0.2) is 47.6 Å².